The van der Waals surface area contributed by atoms with E-state index in [0.29, 0.717) is 25.6 Å². The van der Waals surface area contributed by atoms with E-state index in [1.165, 1.54) is 0 Å². The van der Waals surface area contributed by atoms with Crippen molar-refractivity contribution >= 4 is 23.8 Å². The normalized spacial score (nSPS) is 19.7. The van der Waals surface area contributed by atoms with E-state index in [0.717, 1.165) is 29.0 Å². The summed E-state index contributed by atoms with van der Waals surface area (Å²) in [6, 6.07) is 3.88. The van der Waals surface area contributed by atoms with Crippen molar-refractivity contribution in [3.63, 3.8) is 0 Å². The molecule has 4 heterocycles. The molecule has 0 aliphatic carbocycles. The van der Waals surface area contributed by atoms with E-state index in [1.807, 2.05) is 57.0 Å². The highest BCUT2D eigenvalue weighted by molar-refractivity contribution is 6.01. The van der Waals surface area contributed by atoms with Gasteiger partial charge in [0.2, 0.25) is 17.9 Å². The average Bonchev–Trinajstić information content (AvgIpc) is 3.52. The zero-order valence-electron chi connectivity index (χ0n) is 20.2. The van der Waals surface area contributed by atoms with Gasteiger partial charge >= 0.3 is 0 Å². The summed E-state index contributed by atoms with van der Waals surface area (Å²) in [4.78, 5) is 25.0. The first-order chi connectivity index (χ1) is 16.4. The number of rotatable bonds is 6. The number of aliphatic imine (C=N–C) groups is 4. The summed E-state index contributed by atoms with van der Waals surface area (Å²) in [6.07, 6.45) is 6.24. The molecule has 2 aromatic rings. The van der Waals surface area contributed by atoms with Crippen molar-refractivity contribution in [2.75, 3.05) is 34.7 Å². The van der Waals surface area contributed by atoms with Crippen LogP contribution in [0.5, 0.6) is 0 Å². The van der Waals surface area contributed by atoms with Gasteiger partial charge in [-0.2, -0.15) is 0 Å². The molecule has 0 aromatic carbocycles. The number of guanidine groups is 4. The molecule has 12 nitrogen and oxygen atoms in total. The van der Waals surface area contributed by atoms with Crippen molar-refractivity contribution in [2.45, 2.75) is 32.3 Å². The van der Waals surface area contributed by atoms with Crippen LogP contribution >= 0.6 is 0 Å². The van der Waals surface area contributed by atoms with Gasteiger partial charge < -0.3 is 28.9 Å². The first-order valence-electron chi connectivity index (χ1n) is 11.1. The van der Waals surface area contributed by atoms with E-state index in [1.54, 1.807) is 25.1 Å². The number of furan rings is 2. The second kappa shape index (κ2) is 10.3. The topological polar surface area (TPSA) is 122 Å². The van der Waals surface area contributed by atoms with Crippen LogP contribution in [0, 0.1) is 0 Å². The molecule has 34 heavy (non-hydrogen) atoms. The molecule has 2 aliphatic heterocycles. The van der Waals surface area contributed by atoms with Gasteiger partial charge in [-0.05, 0) is 19.1 Å². The zero-order chi connectivity index (χ0) is 24.1. The Bertz CT molecular complexity index is 1060. The maximum Gasteiger partial charge on any atom is 0.203 e. The molecule has 0 fully saturated rings. The van der Waals surface area contributed by atoms with Crippen LogP contribution in [0.4, 0.5) is 0 Å². The van der Waals surface area contributed by atoms with E-state index in [-0.39, 0.29) is 12.3 Å². The van der Waals surface area contributed by atoms with E-state index in [4.69, 9.17) is 23.8 Å². The molecular formula is C22H32N10O2. The van der Waals surface area contributed by atoms with Crippen LogP contribution in [0.25, 0.3) is 0 Å². The smallest absolute Gasteiger partial charge is 0.203 e. The van der Waals surface area contributed by atoms with E-state index < -0.39 is 0 Å². The Morgan fingerprint density at radius 3 is 2.18 bits per heavy atom. The number of nitrogens with zero attached hydrogens (tertiary/aromatic N) is 7. The fourth-order valence-corrected chi connectivity index (χ4v) is 3.58. The Kier molecular flexibility index (Phi) is 7.04. The van der Waals surface area contributed by atoms with Gasteiger partial charge in [-0.3, -0.25) is 10.6 Å². The Labute approximate surface area is 199 Å². The highest BCUT2D eigenvalue weighted by Gasteiger charge is 2.26. The Hall–Kier alpha value is -3.96. The minimum absolute atomic E-state index is 0.204. The molecule has 2 atom stereocenters. The van der Waals surface area contributed by atoms with Crippen LogP contribution in [0.3, 0.4) is 0 Å². The van der Waals surface area contributed by atoms with Gasteiger partial charge in [-0.15, -0.1) is 0 Å². The summed E-state index contributed by atoms with van der Waals surface area (Å²) < 4.78 is 10.5. The lowest BCUT2D eigenvalue weighted by atomic mass is 10.3. The predicted molar refractivity (Wildman–Crippen MR) is 131 cm³/mol. The molecule has 2 aromatic heterocycles. The molecule has 0 spiro atoms. The molecule has 0 amide bonds. The fraction of sp³-hybridized carbons (Fsp3) is 0.455. The molecule has 12 heteroatoms. The summed E-state index contributed by atoms with van der Waals surface area (Å²) in [6.45, 7) is 3.70. The third-order valence-corrected chi connectivity index (χ3v) is 5.28. The largest absolute Gasteiger partial charge is 0.472 e. The standard InChI is InChI=1S/C22H32N10O2/c1-15-24-20(30(3)4)29-22(25-15)32(11-17-7-9-34-14-17)12-18-26-19(23-2)28-21(27-18)31(5)10-16-6-8-33-13-16/h6-9,13-15,18H,10-12H2,1-5H3,(H,24,25,29)(H2,23,26,27,28). The van der Waals surface area contributed by atoms with Crippen molar-refractivity contribution in [2.24, 2.45) is 20.0 Å². The molecule has 0 saturated carbocycles. The van der Waals surface area contributed by atoms with Crippen molar-refractivity contribution in [3.05, 3.63) is 48.3 Å². The van der Waals surface area contributed by atoms with Crippen LogP contribution < -0.4 is 16.0 Å². The van der Waals surface area contributed by atoms with E-state index in [9.17, 15) is 0 Å². The molecule has 0 bridgehead atoms. The zero-order valence-corrected chi connectivity index (χ0v) is 20.2. The number of nitrogens with one attached hydrogen (secondary N) is 3. The van der Waals surface area contributed by atoms with Gasteiger partial charge in [0.15, 0.2) is 12.1 Å². The van der Waals surface area contributed by atoms with Crippen molar-refractivity contribution < 1.29 is 8.83 Å². The molecule has 0 saturated heterocycles. The molecule has 182 valence electrons. The lowest BCUT2D eigenvalue weighted by Gasteiger charge is -2.34. The lowest BCUT2D eigenvalue weighted by molar-refractivity contribution is 0.360. The molecule has 3 N–H and O–H groups in total. The Morgan fingerprint density at radius 2 is 1.56 bits per heavy atom. The van der Waals surface area contributed by atoms with E-state index in [2.05, 4.69) is 25.8 Å². The highest BCUT2D eigenvalue weighted by atomic mass is 16.3. The van der Waals surface area contributed by atoms with Gasteiger partial charge in [0.1, 0.15) is 6.17 Å². The monoisotopic (exact) mass is 468 g/mol. The Balaban J connectivity index is 1.56. The van der Waals surface area contributed by atoms with Crippen LogP contribution in [-0.2, 0) is 13.1 Å². The van der Waals surface area contributed by atoms with Gasteiger partial charge in [0.25, 0.3) is 0 Å². The van der Waals surface area contributed by atoms with Crippen LogP contribution in [-0.4, -0.2) is 85.6 Å². The molecular weight excluding hydrogens is 436 g/mol. The summed E-state index contributed by atoms with van der Waals surface area (Å²) >= 11 is 0. The molecule has 2 aliphatic rings. The Morgan fingerprint density at radius 1 is 0.882 bits per heavy atom. The number of hydrogen-bond donors (Lipinski definition) is 3. The number of hydrogen-bond acceptors (Lipinski definition) is 12. The molecule has 4 rings (SSSR count). The first-order valence-corrected chi connectivity index (χ1v) is 11.1. The third-order valence-electron chi connectivity index (χ3n) is 5.28. The highest BCUT2D eigenvalue weighted by Crippen LogP contribution is 2.14. The molecule has 0 radical (unpaired) electrons. The minimum Gasteiger partial charge on any atom is -0.472 e. The summed E-state index contributed by atoms with van der Waals surface area (Å²) in [7, 11) is 7.71. The van der Waals surface area contributed by atoms with Crippen molar-refractivity contribution in [3.8, 4) is 0 Å². The maximum atomic E-state index is 5.30. The SMILES string of the molecule is CNC1=NC(CN(Cc2ccoc2)C2=NC(C)N=C(N(C)C)N2)N=C(N(C)Cc2ccoc2)N1. The second-order valence-corrected chi connectivity index (χ2v) is 8.34. The van der Waals surface area contributed by atoms with Crippen LogP contribution in [0.2, 0.25) is 0 Å². The van der Waals surface area contributed by atoms with E-state index >= 15 is 0 Å². The first kappa shape index (κ1) is 23.2. The second-order valence-electron chi connectivity index (χ2n) is 8.34. The van der Waals surface area contributed by atoms with Crippen molar-refractivity contribution in [1.82, 2.24) is 30.7 Å². The average molecular weight is 469 g/mol. The third kappa shape index (κ3) is 5.69. The fourth-order valence-electron chi connectivity index (χ4n) is 3.58. The predicted octanol–water partition coefficient (Wildman–Crippen LogP) is 0.890. The summed E-state index contributed by atoms with van der Waals surface area (Å²) in [5.41, 5.74) is 2.09. The van der Waals surface area contributed by atoms with Gasteiger partial charge in [-0.1, -0.05) is 0 Å². The van der Waals surface area contributed by atoms with Crippen LogP contribution in [0.15, 0.2) is 66.0 Å². The van der Waals surface area contributed by atoms with Gasteiger partial charge in [0.05, 0.1) is 31.6 Å². The maximum absolute atomic E-state index is 5.30. The van der Waals surface area contributed by atoms with Crippen LogP contribution in [0.1, 0.15) is 18.1 Å². The van der Waals surface area contributed by atoms with Crippen molar-refractivity contribution in [1.29, 1.82) is 0 Å². The molecule has 2 unspecified atom stereocenters. The summed E-state index contributed by atoms with van der Waals surface area (Å²) in [5.74, 6) is 2.84. The summed E-state index contributed by atoms with van der Waals surface area (Å²) in [5, 5.41) is 9.71. The minimum atomic E-state index is -0.362. The van der Waals surface area contributed by atoms with Gasteiger partial charge in [0, 0.05) is 52.4 Å². The quantitative estimate of drug-likeness (QED) is 0.572. The van der Waals surface area contributed by atoms with Gasteiger partial charge in [-0.25, -0.2) is 20.0 Å². The lowest BCUT2D eigenvalue weighted by Crippen LogP contribution is -2.54.